The Hall–Kier alpha value is -2.37. The molecule has 1 aliphatic heterocycles. The molecule has 0 spiro atoms. The minimum atomic E-state index is -0.354. The Morgan fingerprint density at radius 2 is 1.78 bits per heavy atom. The summed E-state index contributed by atoms with van der Waals surface area (Å²) in [6, 6.07) is 4.87. The van der Waals surface area contributed by atoms with Crippen molar-refractivity contribution in [3.63, 3.8) is 0 Å². The first-order valence-corrected chi connectivity index (χ1v) is 9.78. The van der Waals surface area contributed by atoms with Gasteiger partial charge in [0.05, 0.1) is 11.1 Å². The SMILES string of the molecule is O=C1COc2ccc(C(=O)COC(=O)C34CC5CC(CC(C5)C3)C4)cc2N1. The molecule has 4 fully saturated rings. The molecule has 142 valence electrons. The summed E-state index contributed by atoms with van der Waals surface area (Å²) in [5.41, 5.74) is 0.523. The van der Waals surface area contributed by atoms with Crippen LogP contribution in [0.3, 0.4) is 0 Å². The van der Waals surface area contributed by atoms with Crippen LogP contribution in [0.1, 0.15) is 48.9 Å². The third-order valence-corrected chi connectivity index (χ3v) is 6.74. The van der Waals surface area contributed by atoms with E-state index in [0.717, 1.165) is 19.3 Å². The van der Waals surface area contributed by atoms with Crippen molar-refractivity contribution < 1.29 is 23.9 Å². The summed E-state index contributed by atoms with van der Waals surface area (Å²) < 4.78 is 10.8. The summed E-state index contributed by atoms with van der Waals surface area (Å²) in [5, 5.41) is 2.69. The number of esters is 1. The molecule has 6 nitrogen and oxygen atoms in total. The smallest absolute Gasteiger partial charge is 0.312 e. The number of hydrogen-bond acceptors (Lipinski definition) is 5. The Bertz CT molecular complexity index is 795. The molecule has 4 aliphatic carbocycles. The van der Waals surface area contributed by atoms with E-state index in [1.54, 1.807) is 18.2 Å². The van der Waals surface area contributed by atoms with E-state index in [0.29, 0.717) is 34.8 Å². The van der Waals surface area contributed by atoms with Gasteiger partial charge in [-0.2, -0.15) is 0 Å². The molecule has 4 saturated carbocycles. The van der Waals surface area contributed by atoms with Crippen molar-refractivity contribution >= 4 is 23.3 Å². The lowest BCUT2D eigenvalue weighted by Gasteiger charge is -2.55. The summed E-state index contributed by atoms with van der Waals surface area (Å²) in [4.78, 5) is 36.8. The molecule has 5 aliphatic rings. The number of hydrogen-bond donors (Lipinski definition) is 1. The number of fused-ring (bicyclic) bond motifs is 1. The van der Waals surface area contributed by atoms with Crippen LogP contribution < -0.4 is 10.1 Å². The van der Waals surface area contributed by atoms with Crippen molar-refractivity contribution in [3.05, 3.63) is 23.8 Å². The summed E-state index contributed by atoms with van der Waals surface area (Å²) >= 11 is 0. The summed E-state index contributed by atoms with van der Waals surface area (Å²) in [5.74, 6) is 1.80. The standard InChI is InChI=1S/C21H23NO5/c23-17(15-1-2-18-16(6-15)22-19(24)11-26-18)10-27-20(25)21-7-12-3-13(8-21)5-14(4-12)9-21/h1-2,6,12-14H,3-5,7-11H2,(H,22,24). The Labute approximate surface area is 157 Å². The van der Waals surface area contributed by atoms with E-state index >= 15 is 0 Å². The lowest BCUT2D eigenvalue weighted by atomic mass is 9.49. The largest absolute Gasteiger partial charge is 0.482 e. The van der Waals surface area contributed by atoms with Crippen LogP contribution in [0, 0.1) is 23.2 Å². The van der Waals surface area contributed by atoms with Crippen molar-refractivity contribution in [1.29, 1.82) is 0 Å². The van der Waals surface area contributed by atoms with Gasteiger partial charge in [0.25, 0.3) is 5.91 Å². The highest BCUT2D eigenvalue weighted by Crippen LogP contribution is 2.60. The third-order valence-electron chi connectivity index (χ3n) is 6.74. The van der Waals surface area contributed by atoms with E-state index in [1.165, 1.54) is 19.3 Å². The number of benzene rings is 1. The van der Waals surface area contributed by atoms with Gasteiger partial charge >= 0.3 is 5.97 Å². The number of Topliss-reactive ketones (excluding diaryl/α,β-unsaturated/α-hetero) is 1. The van der Waals surface area contributed by atoms with Gasteiger partial charge in [-0.05, 0) is 74.5 Å². The molecule has 1 heterocycles. The number of anilines is 1. The summed E-state index contributed by atoms with van der Waals surface area (Å²) in [6.07, 6.45) is 6.55. The highest BCUT2D eigenvalue weighted by molar-refractivity contribution is 6.01. The van der Waals surface area contributed by atoms with Gasteiger partial charge in [0.15, 0.2) is 19.0 Å². The van der Waals surface area contributed by atoms with Gasteiger partial charge in [-0.3, -0.25) is 14.4 Å². The van der Waals surface area contributed by atoms with Crippen molar-refractivity contribution in [2.75, 3.05) is 18.5 Å². The Kier molecular flexibility index (Phi) is 3.78. The zero-order valence-corrected chi connectivity index (χ0v) is 15.2. The van der Waals surface area contributed by atoms with Crippen LogP contribution in [0.2, 0.25) is 0 Å². The van der Waals surface area contributed by atoms with E-state index in [2.05, 4.69) is 5.32 Å². The third kappa shape index (κ3) is 2.91. The predicted octanol–water partition coefficient (Wildman–Crippen LogP) is 2.96. The fraction of sp³-hybridized carbons (Fsp3) is 0.571. The highest BCUT2D eigenvalue weighted by Gasteiger charge is 2.55. The minimum Gasteiger partial charge on any atom is -0.482 e. The van der Waals surface area contributed by atoms with Gasteiger partial charge in [-0.1, -0.05) is 0 Å². The van der Waals surface area contributed by atoms with Gasteiger partial charge in [0.1, 0.15) is 5.75 Å². The first kappa shape index (κ1) is 16.8. The van der Waals surface area contributed by atoms with Gasteiger partial charge in [-0.25, -0.2) is 0 Å². The topological polar surface area (TPSA) is 81.7 Å². The van der Waals surface area contributed by atoms with E-state index < -0.39 is 0 Å². The maximum atomic E-state index is 12.9. The number of ether oxygens (including phenoxy) is 2. The number of amides is 1. The number of carbonyl (C=O) groups is 3. The number of ketones is 1. The maximum absolute atomic E-state index is 12.9. The Morgan fingerprint density at radius 1 is 1.11 bits per heavy atom. The van der Waals surface area contributed by atoms with Crippen LogP contribution in [0.15, 0.2) is 18.2 Å². The lowest BCUT2D eigenvalue weighted by Crippen LogP contribution is -2.50. The summed E-state index contributed by atoms with van der Waals surface area (Å²) in [7, 11) is 0. The molecule has 1 aromatic rings. The molecule has 27 heavy (non-hydrogen) atoms. The first-order chi connectivity index (χ1) is 13.0. The van der Waals surface area contributed by atoms with Crippen LogP contribution >= 0.6 is 0 Å². The average molecular weight is 369 g/mol. The number of carbonyl (C=O) groups excluding carboxylic acids is 3. The second-order valence-electron chi connectivity index (χ2n) is 8.74. The molecule has 6 rings (SSSR count). The van der Waals surface area contributed by atoms with Crippen LogP contribution in [-0.4, -0.2) is 30.9 Å². The molecule has 4 bridgehead atoms. The Balaban J connectivity index is 1.25. The molecule has 0 radical (unpaired) electrons. The molecule has 0 atom stereocenters. The average Bonchev–Trinajstić information content (AvgIpc) is 2.64. The van der Waals surface area contributed by atoms with Crippen LogP contribution in [0.25, 0.3) is 0 Å². The van der Waals surface area contributed by atoms with Crippen LogP contribution in [0.4, 0.5) is 5.69 Å². The molecule has 1 aromatic carbocycles. The normalized spacial score (nSPS) is 33.0. The van der Waals surface area contributed by atoms with E-state index in [1.807, 2.05) is 0 Å². The fourth-order valence-corrected chi connectivity index (χ4v) is 5.98. The minimum absolute atomic E-state index is 0.0248. The molecule has 0 saturated heterocycles. The predicted molar refractivity (Wildman–Crippen MR) is 96.5 cm³/mol. The second-order valence-corrected chi connectivity index (χ2v) is 8.74. The monoisotopic (exact) mass is 369 g/mol. The summed E-state index contributed by atoms with van der Waals surface area (Å²) in [6.45, 7) is -0.281. The van der Waals surface area contributed by atoms with Crippen molar-refractivity contribution in [1.82, 2.24) is 0 Å². The number of nitrogens with one attached hydrogen (secondary N) is 1. The maximum Gasteiger partial charge on any atom is 0.312 e. The first-order valence-electron chi connectivity index (χ1n) is 9.78. The molecule has 0 aromatic heterocycles. The van der Waals surface area contributed by atoms with Crippen LogP contribution in [0.5, 0.6) is 5.75 Å². The van der Waals surface area contributed by atoms with Crippen molar-refractivity contribution in [2.24, 2.45) is 23.2 Å². The quantitative estimate of drug-likeness (QED) is 0.652. The van der Waals surface area contributed by atoms with Gasteiger partial charge < -0.3 is 14.8 Å². The zero-order chi connectivity index (χ0) is 18.6. The van der Waals surface area contributed by atoms with E-state index in [9.17, 15) is 14.4 Å². The lowest BCUT2D eigenvalue weighted by molar-refractivity contribution is -0.170. The highest BCUT2D eigenvalue weighted by atomic mass is 16.5. The van der Waals surface area contributed by atoms with Gasteiger partial charge in [0.2, 0.25) is 0 Å². The van der Waals surface area contributed by atoms with E-state index in [-0.39, 0.29) is 36.3 Å². The Morgan fingerprint density at radius 3 is 2.44 bits per heavy atom. The molecular formula is C21H23NO5. The molecule has 0 unspecified atom stereocenters. The molecule has 1 amide bonds. The van der Waals surface area contributed by atoms with Crippen molar-refractivity contribution in [2.45, 2.75) is 38.5 Å². The molecular weight excluding hydrogens is 346 g/mol. The van der Waals surface area contributed by atoms with Gasteiger partial charge in [0, 0.05) is 5.56 Å². The second kappa shape index (κ2) is 6.08. The molecule has 6 heteroatoms. The van der Waals surface area contributed by atoms with E-state index in [4.69, 9.17) is 9.47 Å². The fourth-order valence-electron chi connectivity index (χ4n) is 5.98. The van der Waals surface area contributed by atoms with Crippen LogP contribution in [-0.2, 0) is 14.3 Å². The number of rotatable bonds is 4. The molecule has 1 N–H and O–H groups in total. The van der Waals surface area contributed by atoms with Gasteiger partial charge in [-0.15, -0.1) is 0 Å². The zero-order valence-electron chi connectivity index (χ0n) is 15.2. The van der Waals surface area contributed by atoms with Crippen molar-refractivity contribution in [3.8, 4) is 5.75 Å².